The fraction of sp³-hybridized carbons (Fsp3) is 0.333. The molecule has 0 fully saturated rings. The predicted molar refractivity (Wildman–Crippen MR) is 51.4 cm³/mol. The average Bonchev–Trinajstić information content (AvgIpc) is 2.01. The van der Waals surface area contributed by atoms with Crippen molar-refractivity contribution in [3.8, 4) is 5.75 Å². The van der Waals surface area contributed by atoms with Gasteiger partial charge in [0.1, 0.15) is 5.75 Å². The van der Waals surface area contributed by atoms with Gasteiger partial charge in [-0.3, -0.25) is 0 Å². The molecular weight excluding hydrogens is 258 g/mol. The van der Waals surface area contributed by atoms with Crippen LogP contribution in [0.25, 0.3) is 0 Å². The molecule has 0 heterocycles. The highest BCUT2D eigenvalue weighted by Crippen LogP contribution is 2.29. The van der Waals surface area contributed by atoms with Gasteiger partial charge in [0.15, 0.2) is 0 Å². The minimum Gasteiger partial charge on any atom is -0.434 e. The van der Waals surface area contributed by atoms with E-state index in [2.05, 4.69) is 20.7 Å². The molecule has 0 bridgehead atoms. The molecule has 2 nitrogen and oxygen atoms in total. The van der Waals surface area contributed by atoms with Crippen molar-refractivity contribution < 1.29 is 18.6 Å². The fourth-order valence-electron chi connectivity index (χ4n) is 1.05. The Bertz CT molecular complexity index is 316. The molecule has 78 valence electrons. The van der Waals surface area contributed by atoms with Gasteiger partial charge in [-0.25, -0.2) is 0 Å². The van der Waals surface area contributed by atoms with Gasteiger partial charge in [-0.15, -0.1) is 0 Å². The van der Waals surface area contributed by atoms with Crippen molar-refractivity contribution in [1.29, 1.82) is 0 Å². The Balaban J connectivity index is 3.03. The van der Waals surface area contributed by atoms with Gasteiger partial charge in [-0.2, -0.15) is 8.78 Å². The highest BCUT2D eigenvalue weighted by atomic mass is 79.9. The number of hydrogen-bond donors (Lipinski definition) is 1. The molecule has 0 radical (unpaired) electrons. The smallest absolute Gasteiger partial charge is 0.387 e. The minimum atomic E-state index is -2.89. The van der Waals surface area contributed by atoms with Crippen LogP contribution >= 0.6 is 15.9 Å². The topological polar surface area (TPSA) is 29.5 Å². The lowest BCUT2D eigenvalue weighted by Gasteiger charge is -2.12. The first kappa shape index (κ1) is 11.4. The molecule has 0 unspecified atom stereocenters. The summed E-state index contributed by atoms with van der Waals surface area (Å²) < 4.78 is 28.8. The molecule has 1 rings (SSSR count). The molecule has 1 aromatic carbocycles. The van der Waals surface area contributed by atoms with Gasteiger partial charge in [-0.1, -0.05) is 22.0 Å². The van der Waals surface area contributed by atoms with E-state index in [4.69, 9.17) is 0 Å². The number of aliphatic hydroxyl groups excluding tert-OH is 1. The molecule has 0 aliphatic carbocycles. The maximum Gasteiger partial charge on any atom is 0.387 e. The summed E-state index contributed by atoms with van der Waals surface area (Å²) in [7, 11) is 0. The van der Waals surface area contributed by atoms with E-state index in [0.717, 1.165) is 0 Å². The summed E-state index contributed by atoms with van der Waals surface area (Å²) in [6.07, 6.45) is -0.836. The summed E-state index contributed by atoms with van der Waals surface area (Å²) >= 11 is 3.13. The van der Waals surface area contributed by atoms with Crippen LogP contribution in [0.4, 0.5) is 8.78 Å². The van der Waals surface area contributed by atoms with Gasteiger partial charge in [-0.05, 0) is 19.1 Å². The first-order chi connectivity index (χ1) is 6.50. The predicted octanol–water partition coefficient (Wildman–Crippen LogP) is 3.10. The first-order valence-electron chi connectivity index (χ1n) is 3.93. The number of halogens is 3. The van der Waals surface area contributed by atoms with Gasteiger partial charge in [0.2, 0.25) is 0 Å². The van der Waals surface area contributed by atoms with E-state index in [1.165, 1.54) is 19.1 Å². The molecule has 5 heteroatoms. The Hall–Kier alpha value is -0.680. The number of aliphatic hydroxyl groups is 1. The zero-order chi connectivity index (χ0) is 10.7. The molecule has 1 aromatic rings. The van der Waals surface area contributed by atoms with Crippen LogP contribution in [-0.2, 0) is 0 Å². The van der Waals surface area contributed by atoms with Gasteiger partial charge < -0.3 is 9.84 Å². The quantitative estimate of drug-likeness (QED) is 0.911. The highest BCUT2D eigenvalue weighted by molar-refractivity contribution is 9.10. The molecule has 1 atom stereocenters. The van der Waals surface area contributed by atoms with Gasteiger partial charge >= 0.3 is 6.61 Å². The second-order valence-corrected chi connectivity index (χ2v) is 3.65. The molecule has 14 heavy (non-hydrogen) atoms. The van der Waals surface area contributed by atoms with Gasteiger partial charge in [0.25, 0.3) is 0 Å². The minimum absolute atomic E-state index is 0.00984. The number of rotatable bonds is 3. The fourth-order valence-corrected chi connectivity index (χ4v) is 1.39. The molecule has 0 amide bonds. The summed E-state index contributed by atoms with van der Waals surface area (Å²) in [6, 6.07) is 4.58. The maximum atomic E-state index is 12.0. The van der Waals surface area contributed by atoms with Crippen molar-refractivity contribution in [2.24, 2.45) is 0 Å². The van der Waals surface area contributed by atoms with Crippen LogP contribution in [-0.4, -0.2) is 11.7 Å². The summed E-state index contributed by atoms with van der Waals surface area (Å²) in [5.74, 6) is -0.00984. The van der Waals surface area contributed by atoms with Crippen LogP contribution < -0.4 is 4.74 Å². The summed E-state index contributed by atoms with van der Waals surface area (Å²) in [5, 5.41) is 9.27. The van der Waals surface area contributed by atoms with Crippen molar-refractivity contribution in [3.63, 3.8) is 0 Å². The van der Waals surface area contributed by atoms with Crippen molar-refractivity contribution in [2.45, 2.75) is 19.6 Å². The van der Waals surface area contributed by atoms with Crippen LogP contribution in [0.1, 0.15) is 18.6 Å². The van der Waals surface area contributed by atoms with Crippen molar-refractivity contribution >= 4 is 15.9 Å². The third kappa shape index (κ3) is 2.92. The molecule has 0 saturated heterocycles. The lowest BCUT2D eigenvalue weighted by molar-refractivity contribution is -0.0514. The average molecular weight is 267 g/mol. The number of hydrogen-bond acceptors (Lipinski definition) is 2. The Morgan fingerprint density at radius 1 is 1.43 bits per heavy atom. The number of alkyl halides is 2. The molecule has 1 N–H and O–H groups in total. The van der Waals surface area contributed by atoms with E-state index in [9.17, 15) is 13.9 Å². The molecule has 0 aliphatic heterocycles. The molecular formula is C9H9BrF2O2. The van der Waals surface area contributed by atoms with Crippen molar-refractivity contribution in [3.05, 3.63) is 28.2 Å². The van der Waals surface area contributed by atoms with Crippen LogP contribution in [0.15, 0.2) is 22.7 Å². The van der Waals surface area contributed by atoms with E-state index in [0.29, 0.717) is 10.0 Å². The zero-order valence-corrected chi connectivity index (χ0v) is 8.96. The van der Waals surface area contributed by atoms with Gasteiger partial charge in [0.05, 0.1) is 6.10 Å². The van der Waals surface area contributed by atoms with E-state index < -0.39 is 12.7 Å². The van der Waals surface area contributed by atoms with E-state index in [-0.39, 0.29) is 5.75 Å². The second-order valence-electron chi connectivity index (χ2n) is 2.74. The molecule has 0 aliphatic rings. The third-order valence-electron chi connectivity index (χ3n) is 1.64. The lowest BCUT2D eigenvalue weighted by Crippen LogP contribution is -2.05. The second kappa shape index (κ2) is 4.70. The van der Waals surface area contributed by atoms with Crippen LogP contribution in [0, 0.1) is 0 Å². The summed E-state index contributed by atoms with van der Waals surface area (Å²) in [6.45, 7) is -1.40. The number of benzene rings is 1. The van der Waals surface area contributed by atoms with E-state index >= 15 is 0 Å². The Morgan fingerprint density at radius 2 is 2.07 bits per heavy atom. The monoisotopic (exact) mass is 266 g/mol. The van der Waals surface area contributed by atoms with E-state index in [1.54, 1.807) is 6.07 Å². The van der Waals surface area contributed by atoms with Crippen LogP contribution in [0.2, 0.25) is 0 Å². The third-order valence-corrected chi connectivity index (χ3v) is 2.14. The summed E-state index contributed by atoms with van der Waals surface area (Å²) in [4.78, 5) is 0. The summed E-state index contributed by atoms with van der Waals surface area (Å²) in [5.41, 5.74) is 0.341. The highest BCUT2D eigenvalue weighted by Gasteiger charge is 2.13. The number of ether oxygens (including phenoxy) is 1. The van der Waals surface area contributed by atoms with Gasteiger partial charge in [0, 0.05) is 10.0 Å². The molecule has 0 spiro atoms. The molecule has 0 aromatic heterocycles. The standard InChI is InChI=1S/C9H9BrF2O2/c1-5(13)7-3-2-6(10)4-8(7)14-9(11)12/h2-5,9,13H,1H3/t5-/m1/s1. The normalized spacial score (nSPS) is 13.0. The Labute approximate surface area is 88.6 Å². The largest absolute Gasteiger partial charge is 0.434 e. The SMILES string of the molecule is C[C@@H](O)c1ccc(Br)cc1OC(F)F. The van der Waals surface area contributed by atoms with Crippen molar-refractivity contribution in [2.75, 3.05) is 0 Å². The first-order valence-corrected chi connectivity index (χ1v) is 4.72. The van der Waals surface area contributed by atoms with Crippen molar-refractivity contribution in [1.82, 2.24) is 0 Å². The Kier molecular flexibility index (Phi) is 3.83. The van der Waals surface area contributed by atoms with Crippen LogP contribution in [0.3, 0.4) is 0 Å². The molecule has 0 saturated carbocycles. The lowest BCUT2D eigenvalue weighted by atomic mass is 10.1. The Morgan fingerprint density at radius 3 is 2.57 bits per heavy atom. The zero-order valence-electron chi connectivity index (χ0n) is 7.38. The van der Waals surface area contributed by atoms with E-state index in [1.807, 2.05) is 0 Å². The maximum absolute atomic E-state index is 12.0. The van der Waals surface area contributed by atoms with Crippen LogP contribution in [0.5, 0.6) is 5.75 Å².